The van der Waals surface area contributed by atoms with Crippen LogP contribution in [-0.4, -0.2) is 12.0 Å². The Morgan fingerprint density at radius 2 is 1.61 bits per heavy atom. The van der Waals surface area contributed by atoms with Crippen LogP contribution < -0.4 is 0 Å². The highest BCUT2D eigenvalue weighted by Crippen LogP contribution is 2.48. The highest BCUT2D eigenvalue weighted by molar-refractivity contribution is 7.79. The minimum atomic E-state index is 0.313. The minimum absolute atomic E-state index is 0.313. The lowest BCUT2D eigenvalue weighted by Gasteiger charge is -2.22. The van der Waals surface area contributed by atoms with Crippen molar-refractivity contribution in [1.82, 2.24) is 0 Å². The number of carbonyl (C=O) groups is 1. The van der Waals surface area contributed by atoms with E-state index in [2.05, 4.69) is 44.7 Å². The van der Waals surface area contributed by atoms with Gasteiger partial charge in [0.2, 0.25) is 0 Å². The van der Waals surface area contributed by atoms with Gasteiger partial charge in [0, 0.05) is 12.3 Å². The number of fused-ring (bicyclic) bond motifs is 3. The quantitative estimate of drug-likeness (QED) is 0.555. The number of aryl methyl sites for hydroxylation is 1. The number of ketones is 1. The largest absolute Gasteiger partial charge is 0.299 e. The van der Waals surface area contributed by atoms with E-state index in [1.165, 1.54) is 23.1 Å². The zero-order valence-electron chi connectivity index (χ0n) is 16.1. The van der Waals surface area contributed by atoms with Crippen molar-refractivity contribution in [1.29, 1.82) is 0 Å². The third-order valence-corrected chi connectivity index (χ3v) is 4.82. The first-order chi connectivity index (χ1) is 11.2. The van der Waals surface area contributed by atoms with Gasteiger partial charge in [0.1, 0.15) is 5.78 Å². The molecule has 2 aliphatic rings. The van der Waals surface area contributed by atoms with Crippen LogP contribution in [0.25, 0.3) is 0 Å². The average molecular weight is 337 g/mol. The van der Waals surface area contributed by atoms with Gasteiger partial charge in [0.05, 0.1) is 0 Å². The molecular weight excluding hydrogens is 300 g/mol. The van der Waals surface area contributed by atoms with Gasteiger partial charge < -0.3 is 0 Å². The molecule has 0 radical (unpaired) electrons. The second kappa shape index (κ2) is 11.7. The summed E-state index contributed by atoms with van der Waals surface area (Å²) < 4.78 is 0. The van der Waals surface area contributed by atoms with E-state index < -0.39 is 0 Å². The van der Waals surface area contributed by atoms with Crippen LogP contribution in [-0.2, 0) is 11.2 Å². The lowest BCUT2D eigenvalue weighted by molar-refractivity contribution is -0.123. The molecule has 1 aromatic rings. The van der Waals surface area contributed by atoms with Crippen molar-refractivity contribution in [2.45, 2.75) is 73.1 Å². The summed E-state index contributed by atoms with van der Waals surface area (Å²) in [6.45, 7) is 12.5. The van der Waals surface area contributed by atoms with Crippen LogP contribution in [0.2, 0.25) is 0 Å². The maximum Gasteiger partial charge on any atom is 0.136 e. The molecule has 0 aromatic heterocycles. The first-order valence-corrected chi connectivity index (χ1v) is 10.1. The minimum Gasteiger partial charge on any atom is -0.299 e. The summed E-state index contributed by atoms with van der Waals surface area (Å²) in [5, 5.41) is 0. The smallest absolute Gasteiger partial charge is 0.136 e. The van der Waals surface area contributed by atoms with Crippen LogP contribution in [0.1, 0.15) is 76.5 Å². The van der Waals surface area contributed by atoms with E-state index in [0.29, 0.717) is 23.5 Å². The molecule has 1 saturated carbocycles. The summed E-state index contributed by atoms with van der Waals surface area (Å²) in [6.07, 6.45) is 5.73. The van der Waals surface area contributed by atoms with E-state index in [1.807, 2.05) is 27.7 Å². The Morgan fingerprint density at radius 1 is 1.00 bits per heavy atom. The van der Waals surface area contributed by atoms with Crippen molar-refractivity contribution in [3.8, 4) is 0 Å². The number of rotatable bonds is 0. The van der Waals surface area contributed by atoms with Gasteiger partial charge >= 0.3 is 0 Å². The lowest BCUT2D eigenvalue weighted by atomic mass is 9.81. The van der Waals surface area contributed by atoms with Crippen LogP contribution in [0.3, 0.4) is 0 Å². The molecule has 0 amide bonds. The molecule has 1 fully saturated rings. The van der Waals surface area contributed by atoms with Crippen LogP contribution in [0.4, 0.5) is 0 Å². The van der Waals surface area contributed by atoms with E-state index in [-0.39, 0.29) is 0 Å². The highest BCUT2D eigenvalue weighted by atomic mass is 32.1. The molecule has 23 heavy (non-hydrogen) atoms. The third-order valence-electron chi connectivity index (χ3n) is 4.82. The summed E-state index contributed by atoms with van der Waals surface area (Å²) in [5.74, 6) is 1.99. The van der Waals surface area contributed by atoms with Gasteiger partial charge in [-0.1, -0.05) is 52.8 Å². The van der Waals surface area contributed by atoms with Crippen LogP contribution in [0.15, 0.2) is 18.2 Å². The molecule has 1 aromatic carbocycles. The molecule has 3 unspecified atom stereocenters. The number of benzene rings is 1. The second-order valence-electron chi connectivity index (χ2n) is 5.80. The van der Waals surface area contributed by atoms with Crippen LogP contribution in [0, 0.1) is 18.8 Å². The first-order valence-electron chi connectivity index (χ1n) is 9.24. The summed E-state index contributed by atoms with van der Waals surface area (Å²) in [5.41, 5.74) is 4.31. The van der Waals surface area contributed by atoms with E-state index >= 15 is 0 Å². The van der Waals surface area contributed by atoms with Gasteiger partial charge in [-0.25, -0.2) is 0 Å². The predicted octanol–water partition coefficient (Wildman–Crippen LogP) is 6.24. The van der Waals surface area contributed by atoms with Gasteiger partial charge in [-0.15, -0.1) is 0 Å². The molecule has 2 aliphatic carbocycles. The Hall–Kier alpha value is -0.760. The van der Waals surface area contributed by atoms with E-state index in [4.69, 9.17) is 0 Å². The zero-order chi connectivity index (χ0) is 18.0. The van der Waals surface area contributed by atoms with Gasteiger partial charge in [0.15, 0.2) is 0 Å². The van der Waals surface area contributed by atoms with E-state index in [0.717, 1.165) is 19.3 Å². The molecule has 3 atom stereocenters. The number of Topliss-reactive ketones (excluding diaryl/α,β-unsaturated/α-hetero) is 1. The lowest BCUT2D eigenvalue weighted by Crippen LogP contribution is -2.18. The predicted molar refractivity (Wildman–Crippen MR) is 107 cm³/mol. The van der Waals surface area contributed by atoms with Crippen LogP contribution in [0.5, 0.6) is 0 Å². The SMILES string of the molecule is CC.CC.CS.Cc1cccc2c1CCC(=O)C1CCC(C)C21. The third kappa shape index (κ3) is 5.11. The number of hydrogen-bond donors (Lipinski definition) is 1. The van der Waals surface area contributed by atoms with Gasteiger partial charge in [-0.3, -0.25) is 4.79 Å². The molecule has 132 valence electrons. The van der Waals surface area contributed by atoms with Crippen molar-refractivity contribution >= 4 is 18.4 Å². The van der Waals surface area contributed by atoms with Crippen molar-refractivity contribution < 1.29 is 4.79 Å². The molecule has 0 bridgehead atoms. The normalized spacial score (nSPS) is 24.3. The maximum atomic E-state index is 12.2. The summed E-state index contributed by atoms with van der Waals surface area (Å²) in [4.78, 5) is 12.2. The average Bonchev–Trinajstić information content (AvgIpc) is 2.93. The fourth-order valence-corrected chi connectivity index (χ4v) is 3.90. The summed E-state index contributed by atoms with van der Waals surface area (Å²) in [6, 6.07) is 6.61. The number of thiol groups is 1. The van der Waals surface area contributed by atoms with Gasteiger partial charge in [0.25, 0.3) is 0 Å². The molecule has 0 heterocycles. The molecule has 3 rings (SSSR count). The molecule has 2 heteroatoms. The summed E-state index contributed by atoms with van der Waals surface area (Å²) >= 11 is 3.53. The van der Waals surface area contributed by atoms with Gasteiger partial charge in [-0.05, 0) is 61.0 Å². The maximum absolute atomic E-state index is 12.2. The van der Waals surface area contributed by atoms with Crippen molar-refractivity contribution in [3.05, 3.63) is 34.9 Å². The first kappa shape index (κ1) is 22.2. The van der Waals surface area contributed by atoms with Crippen molar-refractivity contribution in [2.24, 2.45) is 11.8 Å². The monoisotopic (exact) mass is 336 g/mol. The number of hydrogen-bond acceptors (Lipinski definition) is 2. The number of carbonyl (C=O) groups excluding carboxylic acids is 1. The topological polar surface area (TPSA) is 17.1 Å². The molecule has 0 spiro atoms. The Balaban J connectivity index is 0.000000728. The Morgan fingerprint density at radius 3 is 2.22 bits per heavy atom. The fraction of sp³-hybridized carbons (Fsp3) is 0.667. The van der Waals surface area contributed by atoms with Gasteiger partial charge in [-0.2, -0.15) is 12.6 Å². The highest BCUT2D eigenvalue weighted by Gasteiger charge is 2.41. The van der Waals surface area contributed by atoms with Crippen molar-refractivity contribution in [2.75, 3.05) is 6.26 Å². The second-order valence-corrected chi connectivity index (χ2v) is 5.80. The molecule has 1 nitrogen and oxygen atoms in total. The molecular formula is C21H36OS. The molecule has 0 aliphatic heterocycles. The Kier molecular flexibility index (Phi) is 11.3. The van der Waals surface area contributed by atoms with E-state index in [9.17, 15) is 4.79 Å². The van der Waals surface area contributed by atoms with E-state index in [1.54, 1.807) is 6.26 Å². The van der Waals surface area contributed by atoms with Crippen molar-refractivity contribution in [3.63, 3.8) is 0 Å². The van der Waals surface area contributed by atoms with Crippen LogP contribution >= 0.6 is 12.6 Å². The molecule has 0 N–H and O–H groups in total. The fourth-order valence-electron chi connectivity index (χ4n) is 3.90. The summed E-state index contributed by atoms with van der Waals surface area (Å²) in [7, 11) is 0. The Labute approximate surface area is 149 Å². The standard InChI is InChI=1S/C16H20O.2C2H6.CH4S/c1-10-4-3-5-13-12(10)8-9-15(17)14-7-6-11(2)16(13)14;3*1-2/h3-5,11,14,16H,6-9H2,1-2H3;2*1-2H3;2H,1H3. The Bertz CT molecular complexity index is 467. The zero-order valence-corrected chi connectivity index (χ0v) is 17.0. The molecule has 0 saturated heterocycles.